The van der Waals surface area contributed by atoms with E-state index in [0.717, 1.165) is 0 Å². The molecule has 8 heteroatoms. The summed E-state index contributed by atoms with van der Waals surface area (Å²) >= 11 is 0. The van der Waals surface area contributed by atoms with Crippen molar-refractivity contribution in [3.05, 3.63) is 12.0 Å². The molecule has 0 bridgehead atoms. The summed E-state index contributed by atoms with van der Waals surface area (Å²) in [6.07, 6.45) is 1.71. The van der Waals surface area contributed by atoms with E-state index in [1.807, 2.05) is 0 Å². The van der Waals surface area contributed by atoms with Gasteiger partial charge >= 0.3 is 0 Å². The van der Waals surface area contributed by atoms with Crippen molar-refractivity contribution < 1.29 is 9.26 Å². The van der Waals surface area contributed by atoms with Crippen LogP contribution < -0.4 is 5.73 Å². The van der Waals surface area contributed by atoms with Crippen molar-refractivity contribution in [3.63, 3.8) is 0 Å². The van der Waals surface area contributed by atoms with Crippen LogP contribution in [0.1, 0.15) is 5.82 Å². The van der Waals surface area contributed by atoms with E-state index in [4.69, 9.17) is 15.0 Å². The second-order valence-corrected chi connectivity index (χ2v) is 3.10. The number of hydrogen-bond acceptors (Lipinski definition) is 7. The van der Waals surface area contributed by atoms with Gasteiger partial charge in [0, 0.05) is 13.7 Å². The lowest BCUT2D eigenvalue weighted by Gasteiger charge is -1.91. The number of methoxy groups -OCH3 is 1. The molecule has 0 aliphatic rings. The lowest BCUT2D eigenvalue weighted by atomic mass is 10.5. The van der Waals surface area contributed by atoms with E-state index in [2.05, 4.69) is 20.5 Å². The standard InChI is InChI=1S/C8H12N6O2/c1-15-5-7-10-8(16-12-7)6-4-14(3-2-9)13-11-6/h4H,2-3,5,9H2,1H3. The highest BCUT2D eigenvalue weighted by molar-refractivity contribution is 5.43. The van der Waals surface area contributed by atoms with Crippen LogP contribution in [0.5, 0.6) is 0 Å². The van der Waals surface area contributed by atoms with E-state index in [1.165, 1.54) is 0 Å². The Morgan fingerprint density at radius 3 is 3.19 bits per heavy atom. The predicted octanol–water partition coefficient (Wildman–Crippen LogP) is -0.567. The number of ether oxygens (including phenoxy) is 1. The van der Waals surface area contributed by atoms with Gasteiger partial charge in [0.25, 0.3) is 5.89 Å². The van der Waals surface area contributed by atoms with Crippen LogP contribution in [0.2, 0.25) is 0 Å². The van der Waals surface area contributed by atoms with Crippen LogP contribution in [-0.4, -0.2) is 38.8 Å². The maximum Gasteiger partial charge on any atom is 0.280 e. The van der Waals surface area contributed by atoms with Gasteiger partial charge in [-0.2, -0.15) is 4.98 Å². The van der Waals surface area contributed by atoms with Crippen molar-refractivity contribution in [1.29, 1.82) is 0 Å². The average Bonchev–Trinajstić information content (AvgIpc) is 2.87. The fraction of sp³-hybridized carbons (Fsp3) is 0.500. The van der Waals surface area contributed by atoms with Crippen molar-refractivity contribution in [2.24, 2.45) is 5.73 Å². The van der Waals surface area contributed by atoms with Gasteiger partial charge in [-0.05, 0) is 0 Å². The Morgan fingerprint density at radius 2 is 2.44 bits per heavy atom. The number of aromatic nitrogens is 5. The Morgan fingerprint density at radius 1 is 1.56 bits per heavy atom. The lowest BCUT2D eigenvalue weighted by molar-refractivity contribution is 0.174. The molecular formula is C8H12N6O2. The maximum atomic E-state index is 5.40. The van der Waals surface area contributed by atoms with Gasteiger partial charge in [-0.25, -0.2) is 0 Å². The van der Waals surface area contributed by atoms with Gasteiger partial charge in [0.15, 0.2) is 11.5 Å². The Bertz CT molecular complexity index is 409. The van der Waals surface area contributed by atoms with Gasteiger partial charge in [-0.1, -0.05) is 10.4 Å². The second kappa shape index (κ2) is 4.81. The molecule has 2 aromatic heterocycles. The molecule has 0 spiro atoms. The Kier molecular flexibility index (Phi) is 3.22. The smallest absolute Gasteiger partial charge is 0.280 e. The molecule has 0 aliphatic carbocycles. The third-order valence-corrected chi connectivity index (χ3v) is 1.86. The van der Waals surface area contributed by atoms with Gasteiger partial charge in [-0.3, -0.25) is 4.68 Å². The monoisotopic (exact) mass is 224 g/mol. The van der Waals surface area contributed by atoms with Crippen molar-refractivity contribution in [1.82, 2.24) is 25.1 Å². The van der Waals surface area contributed by atoms with Crippen molar-refractivity contribution in [3.8, 4) is 11.6 Å². The second-order valence-electron chi connectivity index (χ2n) is 3.10. The highest BCUT2D eigenvalue weighted by Gasteiger charge is 2.12. The van der Waals surface area contributed by atoms with E-state index in [-0.39, 0.29) is 0 Å². The minimum atomic E-state index is 0.306. The molecule has 0 unspecified atom stereocenters. The topological polar surface area (TPSA) is 105 Å². The summed E-state index contributed by atoms with van der Waals surface area (Å²) in [5, 5.41) is 11.5. The SMILES string of the molecule is COCc1noc(-c2cn(CCN)nn2)n1. The van der Waals surface area contributed by atoms with Gasteiger partial charge in [0.1, 0.15) is 6.61 Å². The summed E-state index contributed by atoms with van der Waals surface area (Å²) < 4.78 is 11.5. The summed E-state index contributed by atoms with van der Waals surface area (Å²) in [7, 11) is 1.56. The average molecular weight is 224 g/mol. The quantitative estimate of drug-likeness (QED) is 0.725. The third-order valence-electron chi connectivity index (χ3n) is 1.86. The summed E-state index contributed by atoms with van der Waals surface area (Å²) in [6.45, 7) is 1.41. The first kappa shape index (κ1) is 10.7. The van der Waals surface area contributed by atoms with E-state index in [0.29, 0.717) is 37.1 Å². The molecule has 2 N–H and O–H groups in total. The molecule has 2 rings (SSSR count). The van der Waals surface area contributed by atoms with Crippen LogP contribution in [0.3, 0.4) is 0 Å². The van der Waals surface area contributed by atoms with E-state index >= 15 is 0 Å². The molecule has 8 nitrogen and oxygen atoms in total. The van der Waals surface area contributed by atoms with Crippen LogP contribution in [0.15, 0.2) is 10.7 Å². The Balaban J connectivity index is 2.14. The highest BCUT2D eigenvalue weighted by atomic mass is 16.5. The zero-order valence-corrected chi connectivity index (χ0v) is 8.83. The molecule has 2 aromatic rings. The van der Waals surface area contributed by atoms with Crippen LogP contribution in [-0.2, 0) is 17.9 Å². The molecule has 2 heterocycles. The third kappa shape index (κ3) is 2.23. The summed E-state index contributed by atoms with van der Waals surface area (Å²) in [6, 6.07) is 0. The maximum absolute atomic E-state index is 5.40. The molecule has 0 aliphatic heterocycles. The fourth-order valence-corrected chi connectivity index (χ4v) is 1.18. The molecule has 0 radical (unpaired) electrons. The van der Waals surface area contributed by atoms with Gasteiger partial charge in [-0.15, -0.1) is 5.10 Å². The minimum Gasteiger partial charge on any atom is -0.377 e. The molecule has 0 saturated carbocycles. The predicted molar refractivity (Wildman–Crippen MR) is 53.1 cm³/mol. The van der Waals surface area contributed by atoms with E-state index in [9.17, 15) is 0 Å². The largest absolute Gasteiger partial charge is 0.377 e. The Hall–Kier alpha value is -1.80. The fourth-order valence-electron chi connectivity index (χ4n) is 1.18. The Labute approximate surface area is 91.4 Å². The normalized spacial score (nSPS) is 10.9. The number of rotatable bonds is 5. The molecule has 0 fully saturated rings. The molecule has 0 atom stereocenters. The van der Waals surface area contributed by atoms with Gasteiger partial charge in [0.05, 0.1) is 12.7 Å². The molecule has 0 saturated heterocycles. The number of nitrogens with two attached hydrogens (primary N) is 1. The van der Waals surface area contributed by atoms with Crippen molar-refractivity contribution in [2.45, 2.75) is 13.2 Å². The number of hydrogen-bond donors (Lipinski definition) is 1. The van der Waals surface area contributed by atoms with Crippen molar-refractivity contribution in [2.75, 3.05) is 13.7 Å². The highest BCUT2D eigenvalue weighted by Crippen LogP contribution is 2.13. The van der Waals surface area contributed by atoms with Crippen LogP contribution in [0.4, 0.5) is 0 Å². The summed E-state index contributed by atoms with van der Waals surface area (Å²) in [5.41, 5.74) is 5.93. The first-order valence-electron chi connectivity index (χ1n) is 4.75. The van der Waals surface area contributed by atoms with Crippen LogP contribution in [0, 0.1) is 0 Å². The molecule has 86 valence electrons. The summed E-state index contributed by atoms with van der Waals surface area (Å²) in [4.78, 5) is 4.09. The lowest BCUT2D eigenvalue weighted by Crippen LogP contribution is -2.10. The first-order valence-corrected chi connectivity index (χ1v) is 4.75. The first-order chi connectivity index (χ1) is 7.83. The van der Waals surface area contributed by atoms with Crippen molar-refractivity contribution >= 4 is 0 Å². The number of nitrogens with zero attached hydrogens (tertiary/aromatic N) is 5. The van der Waals surface area contributed by atoms with Crippen LogP contribution >= 0.6 is 0 Å². The molecular weight excluding hydrogens is 212 g/mol. The van der Waals surface area contributed by atoms with Crippen LogP contribution in [0.25, 0.3) is 11.6 Å². The zero-order valence-electron chi connectivity index (χ0n) is 8.83. The van der Waals surface area contributed by atoms with Gasteiger partial charge in [0.2, 0.25) is 0 Å². The summed E-state index contributed by atoms with van der Waals surface area (Å²) in [5.74, 6) is 0.807. The minimum absolute atomic E-state index is 0.306. The van der Waals surface area contributed by atoms with E-state index in [1.54, 1.807) is 18.0 Å². The van der Waals surface area contributed by atoms with Gasteiger partial charge < -0.3 is 15.0 Å². The zero-order chi connectivity index (χ0) is 11.4. The van der Waals surface area contributed by atoms with E-state index < -0.39 is 0 Å². The molecule has 0 amide bonds. The molecule has 0 aromatic carbocycles. The molecule has 16 heavy (non-hydrogen) atoms.